The van der Waals surface area contributed by atoms with Crippen molar-refractivity contribution in [3.8, 4) is 11.4 Å². The van der Waals surface area contributed by atoms with Crippen molar-refractivity contribution in [3.05, 3.63) is 61.7 Å². The second-order valence-corrected chi connectivity index (χ2v) is 12.0. The monoisotopic (exact) mass is 576 g/mol. The zero-order valence-electron chi connectivity index (χ0n) is 25.2. The summed E-state index contributed by atoms with van der Waals surface area (Å²) in [6.07, 6.45) is 6.56. The van der Waals surface area contributed by atoms with Crippen LogP contribution in [0.25, 0.3) is 22.3 Å². The van der Waals surface area contributed by atoms with Crippen LogP contribution in [0, 0.1) is 18.2 Å². The van der Waals surface area contributed by atoms with Gasteiger partial charge in [-0.25, -0.2) is 9.37 Å². The molecule has 2 unspecified atom stereocenters. The average molecular weight is 577 g/mol. The van der Waals surface area contributed by atoms with Crippen molar-refractivity contribution < 1.29 is 18.7 Å². The van der Waals surface area contributed by atoms with Gasteiger partial charge in [-0.3, -0.25) is 9.59 Å². The molecule has 0 bridgehead atoms. The SMILES string of the molecule is CCC(C=O)c1cc2n(c(=O)c1COC)Cc1c-2nc2cc(F)c(C)c3c2c1C(NC(=O)C1(C)CCCC1)CC3.CN. The Morgan fingerprint density at radius 1 is 1.29 bits per heavy atom. The molecule has 0 spiro atoms. The Hall–Kier alpha value is -3.43. The van der Waals surface area contributed by atoms with Crippen molar-refractivity contribution in [2.24, 2.45) is 11.1 Å². The van der Waals surface area contributed by atoms with E-state index < -0.39 is 5.92 Å². The van der Waals surface area contributed by atoms with Gasteiger partial charge in [0.15, 0.2) is 0 Å². The summed E-state index contributed by atoms with van der Waals surface area (Å²) in [5.41, 5.74) is 10.2. The second kappa shape index (κ2) is 11.7. The van der Waals surface area contributed by atoms with E-state index in [0.717, 1.165) is 54.0 Å². The molecule has 1 aliphatic heterocycles. The van der Waals surface area contributed by atoms with E-state index in [2.05, 4.69) is 11.1 Å². The minimum Gasteiger partial charge on any atom is -0.380 e. The Morgan fingerprint density at radius 2 is 2.00 bits per heavy atom. The number of carbonyl (C=O) groups is 2. The Morgan fingerprint density at radius 3 is 2.64 bits per heavy atom. The first-order valence-electron chi connectivity index (χ1n) is 15.0. The summed E-state index contributed by atoms with van der Waals surface area (Å²) in [5.74, 6) is -0.692. The number of pyridine rings is 2. The van der Waals surface area contributed by atoms with E-state index in [1.54, 1.807) is 11.5 Å². The third-order valence-corrected chi connectivity index (χ3v) is 9.62. The van der Waals surface area contributed by atoms with Gasteiger partial charge >= 0.3 is 0 Å². The molecular formula is C33H41FN4O4. The van der Waals surface area contributed by atoms with E-state index in [0.29, 0.717) is 59.4 Å². The molecule has 224 valence electrons. The van der Waals surface area contributed by atoms with Crippen molar-refractivity contribution in [2.45, 2.75) is 90.8 Å². The van der Waals surface area contributed by atoms with Crippen LogP contribution in [0.1, 0.15) is 97.7 Å². The number of nitrogens with two attached hydrogens (primary N) is 1. The molecule has 3 heterocycles. The number of aryl methyl sites for hydroxylation is 1. The van der Waals surface area contributed by atoms with Crippen LogP contribution in [-0.4, -0.2) is 35.9 Å². The fourth-order valence-electron chi connectivity index (χ4n) is 7.23. The normalized spacial score (nSPS) is 18.6. The van der Waals surface area contributed by atoms with Gasteiger partial charge in [-0.15, -0.1) is 0 Å². The quantitative estimate of drug-likeness (QED) is 0.300. The molecule has 1 saturated carbocycles. The van der Waals surface area contributed by atoms with Crippen LogP contribution in [0.5, 0.6) is 0 Å². The summed E-state index contributed by atoms with van der Waals surface area (Å²) in [4.78, 5) is 44.3. The molecule has 8 nitrogen and oxygen atoms in total. The van der Waals surface area contributed by atoms with E-state index in [1.165, 1.54) is 20.2 Å². The molecule has 0 radical (unpaired) electrons. The van der Waals surface area contributed by atoms with Gasteiger partial charge in [0, 0.05) is 41.0 Å². The van der Waals surface area contributed by atoms with Gasteiger partial charge in [-0.05, 0) is 74.4 Å². The van der Waals surface area contributed by atoms with Crippen LogP contribution in [0.2, 0.25) is 0 Å². The van der Waals surface area contributed by atoms with E-state index in [1.807, 2.05) is 19.9 Å². The largest absolute Gasteiger partial charge is 0.380 e. The summed E-state index contributed by atoms with van der Waals surface area (Å²) >= 11 is 0. The maximum atomic E-state index is 15.1. The highest BCUT2D eigenvalue weighted by atomic mass is 19.1. The predicted octanol–water partition coefficient (Wildman–Crippen LogP) is 4.97. The molecule has 0 saturated heterocycles. The lowest BCUT2D eigenvalue weighted by Gasteiger charge is -2.32. The number of aromatic nitrogens is 2. The fourth-order valence-corrected chi connectivity index (χ4v) is 7.23. The number of fused-ring (bicyclic) bond motifs is 4. The number of carbonyl (C=O) groups excluding carboxylic acids is 2. The predicted molar refractivity (Wildman–Crippen MR) is 161 cm³/mol. The summed E-state index contributed by atoms with van der Waals surface area (Å²) in [7, 11) is 3.03. The van der Waals surface area contributed by atoms with Gasteiger partial charge < -0.3 is 25.1 Å². The van der Waals surface area contributed by atoms with Crippen molar-refractivity contribution >= 4 is 23.1 Å². The van der Waals surface area contributed by atoms with E-state index in [4.69, 9.17) is 9.72 Å². The Bertz CT molecular complexity index is 1620. The first-order valence-corrected chi connectivity index (χ1v) is 15.0. The van der Waals surface area contributed by atoms with Crippen LogP contribution in [0.4, 0.5) is 4.39 Å². The van der Waals surface area contributed by atoms with Gasteiger partial charge in [-0.1, -0.05) is 26.7 Å². The first-order chi connectivity index (χ1) is 20.2. The van der Waals surface area contributed by atoms with Gasteiger partial charge in [0.1, 0.15) is 12.1 Å². The summed E-state index contributed by atoms with van der Waals surface area (Å²) in [6, 6.07) is 3.10. The standard InChI is InChI=1S/C32H36FN3O4.CH5N/c1-5-18(15-37)20-12-26-29-21(14-36(26)30(38)22(20)16-40-4)28-24(35-31(39)32(3)10-6-7-11-32)9-8-19-17(2)23(33)13-25(34-29)27(19)28;1-2/h12-13,15,18,24H,5-11,14,16H2,1-4H3,(H,35,39);2H2,1H3. The lowest BCUT2D eigenvalue weighted by Crippen LogP contribution is -2.40. The Labute approximate surface area is 245 Å². The first kappa shape index (κ1) is 30.0. The number of nitrogens with zero attached hydrogens (tertiary/aromatic N) is 2. The minimum atomic E-state index is -0.447. The second-order valence-electron chi connectivity index (χ2n) is 12.0. The highest BCUT2D eigenvalue weighted by Crippen LogP contribution is 2.46. The Balaban J connectivity index is 0.00000173. The number of benzene rings is 1. The van der Waals surface area contributed by atoms with Gasteiger partial charge in [0.25, 0.3) is 5.56 Å². The maximum Gasteiger partial charge on any atom is 0.257 e. The summed E-state index contributed by atoms with van der Waals surface area (Å²) < 4.78 is 22.2. The molecule has 9 heteroatoms. The number of rotatable bonds is 7. The number of nitrogens with one attached hydrogen (secondary N) is 1. The number of halogens is 1. The molecule has 1 fully saturated rings. The van der Waals surface area contributed by atoms with E-state index >= 15 is 4.39 Å². The summed E-state index contributed by atoms with van der Waals surface area (Å²) in [5, 5.41) is 4.26. The fraction of sp³-hybridized carbons (Fsp3) is 0.515. The number of methoxy groups -OCH3 is 1. The van der Waals surface area contributed by atoms with Crippen molar-refractivity contribution in [1.29, 1.82) is 0 Å². The van der Waals surface area contributed by atoms with Gasteiger partial charge in [0.2, 0.25) is 5.91 Å². The third kappa shape index (κ3) is 4.67. The maximum absolute atomic E-state index is 15.1. The molecule has 1 aromatic carbocycles. The molecule has 6 rings (SSSR count). The van der Waals surface area contributed by atoms with Crippen LogP contribution in [-0.2, 0) is 33.9 Å². The number of ether oxygens (including phenoxy) is 1. The minimum absolute atomic E-state index is 0.0603. The third-order valence-electron chi connectivity index (χ3n) is 9.62. The molecule has 3 aliphatic rings. The lowest BCUT2D eigenvalue weighted by atomic mass is 9.80. The van der Waals surface area contributed by atoms with Gasteiger partial charge in [-0.2, -0.15) is 0 Å². The highest BCUT2D eigenvalue weighted by Gasteiger charge is 2.40. The molecule has 3 aromatic rings. The molecule has 2 aliphatic carbocycles. The molecular weight excluding hydrogens is 535 g/mol. The topological polar surface area (TPSA) is 116 Å². The average Bonchev–Trinajstić information content (AvgIpc) is 3.60. The highest BCUT2D eigenvalue weighted by molar-refractivity contribution is 5.94. The molecule has 3 N–H and O–H groups in total. The van der Waals surface area contributed by atoms with Crippen LogP contribution >= 0.6 is 0 Å². The van der Waals surface area contributed by atoms with E-state index in [9.17, 15) is 14.4 Å². The molecule has 1 amide bonds. The van der Waals surface area contributed by atoms with E-state index in [-0.39, 0.29) is 35.3 Å². The number of hydrogen-bond donors (Lipinski definition) is 2. The molecule has 2 aromatic heterocycles. The number of hydrogen-bond acceptors (Lipinski definition) is 6. The molecule has 42 heavy (non-hydrogen) atoms. The van der Waals surface area contributed by atoms with Crippen LogP contribution < -0.4 is 16.6 Å². The van der Waals surface area contributed by atoms with Crippen molar-refractivity contribution in [2.75, 3.05) is 14.2 Å². The zero-order chi connectivity index (χ0) is 30.3. The van der Waals surface area contributed by atoms with Gasteiger partial charge in [0.05, 0.1) is 36.1 Å². The summed E-state index contributed by atoms with van der Waals surface area (Å²) in [6.45, 7) is 6.16. The lowest BCUT2D eigenvalue weighted by molar-refractivity contribution is -0.130. The van der Waals surface area contributed by atoms with Crippen molar-refractivity contribution in [1.82, 2.24) is 14.9 Å². The smallest absolute Gasteiger partial charge is 0.257 e. The Kier molecular flexibility index (Phi) is 8.36. The van der Waals surface area contributed by atoms with Crippen LogP contribution in [0.15, 0.2) is 16.9 Å². The number of amides is 1. The number of aldehydes is 1. The zero-order valence-corrected chi connectivity index (χ0v) is 25.2. The van der Waals surface area contributed by atoms with Crippen molar-refractivity contribution in [3.63, 3.8) is 0 Å². The molecule has 2 atom stereocenters. The van der Waals surface area contributed by atoms with Crippen LogP contribution in [0.3, 0.4) is 0 Å².